The second kappa shape index (κ2) is 9.59. The van der Waals surface area contributed by atoms with E-state index in [1.165, 1.54) is 29.0 Å². The molecule has 182 valence electrons. The molecule has 34 heavy (non-hydrogen) atoms. The van der Waals surface area contributed by atoms with Crippen LogP contribution < -0.4 is 16.6 Å². The zero-order valence-electron chi connectivity index (χ0n) is 18.4. The molecule has 11 heteroatoms. The van der Waals surface area contributed by atoms with Gasteiger partial charge in [-0.3, -0.25) is 28.8 Å². The van der Waals surface area contributed by atoms with E-state index in [1.54, 1.807) is 21.9 Å². The van der Waals surface area contributed by atoms with Gasteiger partial charge in [0, 0.05) is 43.9 Å². The Morgan fingerprint density at radius 1 is 1.18 bits per heavy atom. The van der Waals surface area contributed by atoms with E-state index in [-0.39, 0.29) is 43.3 Å². The summed E-state index contributed by atoms with van der Waals surface area (Å²) in [5.41, 5.74) is 5.40. The molecule has 1 aromatic heterocycles. The minimum Gasteiger partial charge on any atom is -0.368 e. The van der Waals surface area contributed by atoms with E-state index >= 15 is 0 Å². The predicted octanol–water partition coefficient (Wildman–Crippen LogP) is 1.57. The molecule has 8 nitrogen and oxygen atoms in total. The first kappa shape index (κ1) is 24.0. The molecule has 2 atom stereocenters. The van der Waals surface area contributed by atoms with Gasteiger partial charge in [0.1, 0.15) is 5.82 Å². The molecular weight excluding hydrogens is 451 g/mol. The highest BCUT2D eigenvalue weighted by atomic mass is 19.3. The van der Waals surface area contributed by atoms with Gasteiger partial charge in [-0.1, -0.05) is 6.07 Å². The van der Waals surface area contributed by atoms with Crippen LogP contribution in [0.4, 0.5) is 18.9 Å². The van der Waals surface area contributed by atoms with Crippen molar-refractivity contribution < 1.29 is 22.8 Å². The number of hydrogen-bond acceptors (Lipinski definition) is 5. The quantitative estimate of drug-likeness (QED) is 0.631. The zero-order valence-corrected chi connectivity index (χ0v) is 18.4. The third-order valence-corrected chi connectivity index (χ3v) is 6.34. The Morgan fingerprint density at radius 3 is 2.62 bits per heavy atom. The van der Waals surface area contributed by atoms with Crippen LogP contribution in [-0.2, 0) is 9.59 Å². The van der Waals surface area contributed by atoms with Crippen molar-refractivity contribution in [1.82, 2.24) is 14.4 Å². The average molecular weight is 477 g/mol. The number of anilines is 1. The highest BCUT2D eigenvalue weighted by Crippen LogP contribution is 2.30. The van der Waals surface area contributed by atoms with Crippen LogP contribution in [0.2, 0.25) is 0 Å². The fourth-order valence-electron chi connectivity index (χ4n) is 4.69. The molecule has 4 rings (SSSR count). The molecule has 0 saturated carbocycles. The molecule has 3 heterocycles. The predicted molar refractivity (Wildman–Crippen MR) is 119 cm³/mol. The number of aromatic nitrogens is 1. The average Bonchev–Trinajstić information content (AvgIpc) is 3.32. The minimum absolute atomic E-state index is 0.0803. The molecule has 0 bridgehead atoms. The van der Waals surface area contributed by atoms with Crippen LogP contribution in [0.25, 0.3) is 5.69 Å². The van der Waals surface area contributed by atoms with Gasteiger partial charge in [0.15, 0.2) is 0 Å². The van der Waals surface area contributed by atoms with Crippen LogP contribution in [0, 0.1) is 5.82 Å². The number of carbonyl (C=O) groups is 2. The number of nitrogens with zero attached hydrogens (tertiary/aromatic N) is 3. The Kier molecular flexibility index (Phi) is 6.76. The van der Waals surface area contributed by atoms with E-state index < -0.39 is 29.6 Å². The van der Waals surface area contributed by atoms with Gasteiger partial charge in [-0.2, -0.15) is 0 Å². The Labute approximate surface area is 194 Å². The van der Waals surface area contributed by atoms with E-state index in [1.807, 2.05) is 0 Å². The number of nitrogens with one attached hydrogen (secondary N) is 1. The summed E-state index contributed by atoms with van der Waals surface area (Å²) in [6, 6.07) is 7.54. The summed E-state index contributed by atoms with van der Waals surface area (Å²) >= 11 is 0. The maximum atomic E-state index is 14.7. The molecule has 1 unspecified atom stereocenters. The number of hydrogen-bond donors (Lipinski definition) is 2. The molecule has 2 aromatic rings. The van der Waals surface area contributed by atoms with Crippen molar-refractivity contribution in [2.45, 2.75) is 37.3 Å². The van der Waals surface area contributed by atoms with Crippen LogP contribution >= 0.6 is 0 Å². The normalized spacial score (nSPS) is 22.7. The van der Waals surface area contributed by atoms with Gasteiger partial charge in [-0.15, -0.1) is 0 Å². The van der Waals surface area contributed by atoms with Gasteiger partial charge in [0.25, 0.3) is 11.5 Å². The number of pyridine rings is 1. The molecule has 1 aromatic carbocycles. The van der Waals surface area contributed by atoms with Crippen molar-refractivity contribution in [1.29, 1.82) is 0 Å². The Morgan fingerprint density at radius 2 is 1.97 bits per heavy atom. The lowest BCUT2D eigenvalue weighted by molar-refractivity contribution is -0.124. The van der Waals surface area contributed by atoms with Gasteiger partial charge in [-0.25, -0.2) is 13.2 Å². The number of alkyl halides is 2. The second-order valence-electron chi connectivity index (χ2n) is 8.78. The van der Waals surface area contributed by atoms with E-state index in [2.05, 4.69) is 5.32 Å². The van der Waals surface area contributed by atoms with Crippen LogP contribution in [-0.4, -0.2) is 70.4 Å². The summed E-state index contributed by atoms with van der Waals surface area (Å²) in [5, 5.41) is 2.49. The highest BCUT2D eigenvalue weighted by molar-refractivity contribution is 5.93. The number of halogens is 3. The molecule has 3 N–H and O–H groups in total. The molecule has 0 radical (unpaired) electrons. The van der Waals surface area contributed by atoms with E-state index in [4.69, 9.17) is 5.73 Å². The van der Waals surface area contributed by atoms with Crippen molar-refractivity contribution in [2.75, 3.05) is 31.5 Å². The van der Waals surface area contributed by atoms with Crippen molar-refractivity contribution in [3.8, 4) is 5.69 Å². The Hall–Kier alpha value is -3.18. The minimum atomic E-state index is -2.74. The van der Waals surface area contributed by atoms with Gasteiger partial charge < -0.3 is 11.1 Å². The second-order valence-corrected chi connectivity index (χ2v) is 8.78. The van der Waals surface area contributed by atoms with E-state index in [0.717, 1.165) is 6.07 Å². The maximum Gasteiger partial charge on any atom is 0.261 e. The van der Waals surface area contributed by atoms with E-state index in [9.17, 15) is 27.6 Å². The lowest BCUT2D eigenvalue weighted by Crippen LogP contribution is -2.50. The fraction of sp³-hybridized carbons (Fsp3) is 0.435. The number of benzene rings is 1. The molecule has 2 saturated heterocycles. The number of primary amides is 1. The largest absolute Gasteiger partial charge is 0.368 e. The van der Waals surface area contributed by atoms with Crippen LogP contribution in [0.1, 0.15) is 19.3 Å². The van der Waals surface area contributed by atoms with Crippen molar-refractivity contribution in [2.24, 2.45) is 5.73 Å². The molecule has 2 aliphatic rings. The molecule has 2 fully saturated rings. The number of amides is 2. The van der Waals surface area contributed by atoms with Crippen molar-refractivity contribution in [3.63, 3.8) is 0 Å². The number of nitrogens with two attached hydrogens (primary N) is 1. The van der Waals surface area contributed by atoms with Crippen molar-refractivity contribution >= 4 is 17.5 Å². The standard InChI is InChI=1S/C23H26F3N5O3/c24-17-11-15(30-9-2-1-3-21(30)33)4-6-18(17)28-20(32)13-31-16(5-7-19(31)22(27)34)12-29-10-8-23(25,26)14-29/h1-4,6,9,11,16,19H,5,7-8,10,12-14H2,(H2,27,34)(H,28,32)/t16-,19?/m0/s1. The topological polar surface area (TPSA) is 101 Å². The third-order valence-electron chi connectivity index (χ3n) is 6.34. The Balaban J connectivity index is 1.44. The van der Waals surface area contributed by atoms with Crippen LogP contribution in [0.15, 0.2) is 47.4 Å². The summed E-state index contributed by atoms with van der Waals surface area (Å²) in [4.78, 5) is 39.8. The molecular formula is C23H26F3N5O3. The van der Waals surface area contributed by atoms with Crippen LogP contribution in [0.3, 0.4) is 0 Å². The number of rotatable bonds is 7. The molecule has 2 aliphatic heterocycles. The Bertz CT molecular complexity index is 1140. The maximum absolute atomic E-state index is 14.7. The van der Waals surface area contributed by atoms with Gasteiger partial charge in [0.2, 0.25) is 11.8 Å². The summed E-state index contributed by atoms with van der Waals surface area (Å²) in [7, 11) is 0. The van der Waals surface area contributed by atoms with Crippen LogP contribution in [0.5, 0.6) is 0 Å². The monoisotopic (exact) mass is 477 g/mol. The summed E-state index contributed by atoms with van der Waals surface area (Å²) in [6.07, 6.45) is 2.25. The van der Waals surface area contributed by atoms with Gasteiger partial charge in [-0.05, 0) is 31.0 Å². The summed E-state index contributed by atoms with van der Waals surface area (Å²) in [6.45, 7) is -0.0525. The molecule has 0 aliphatic carbocycles. The summed E-state index contributed by atoms with van der Waals surface area (Å²) < 4.78 is 43.1. The third kappa shape index (κ3) is 5.31. The first-order valence-corrected chi connectivity index (χ1v) is 11.1. The van der Waals surface area contributed by atoms with E-state index in [0.29, 0.717) is 25.1 Å². The summed E-state index contributed by atoms with van der Waals surface area (Å²) in [5.74, 6) is -4.62. The van der Waals surface area contributed by atoms with Crippen molar-refractivity contribution in [3.05, 3.63) is 58.8 Å². The fourth-order valence-corrected chi connectivity index (χ4v) is 4.69. The van der Waals surface area contributed by atoms with Gasteiger partial charge in [0.05, 0.1) is 30.5 Å². The lowest BCUT2D eigenvalue weighted by atomic mass is 10.2. The van der Waals surface area contributed by atoms with Gasteiger partial charge >= 0.3 is 0 Å². The first-order valence-electron chi connectivity index (χ1n) is 11.1. The lowest BCUT2D eigenvalue weighted by Gasteiger charge is -2.30. The molecule has 0 spiro atoms. The highest BCUT2D eigenvalue weighted by Gasteiger charge is 2.43. The first-order chi connectivity index (χ1) is 16.1. The number of carbonyl (C=O) groups excluding carboxylic acids is 2. The SMILES string of the molecule is NC(=O)C1CC[C@@H](CN2CCC(F)(F)C2)N1CC(=O)Nc1ccc(-n2ccccc2=O)cc1F. The number of likely N-dealkylation sites (tertiary alicyclic amines) is 2. The zero-order chi connectivity index (χ0) is 24.5. The smallest absolute Gasteiger partial charge is 0.261 e. The molecule has 2 amide bonds.